The number of carbonyl (C=O) groups excluding carboxylic acids is 3. The number of piperazine rings is 1. The lowest BCUT2D eigenvalue weighted by atomic mass is 9.96. The zero-order chi connectivity index (χ0) is 19.5. The van der Waals surface area contributed by atoms with Crippen LogP contribution in [0, 0.1) is 0 Å². The summed E-state index contributed by atoms with van der Waals surface area (Å²) < 4.78 is 0. The van der Waals surface area contributed by atoms with Crippen molar-refractivity contribution in [1.29, 1.82) is 0 Å². The number of urea groups is 1. The summed E-state index contributed by atoms with van der Waals surface area (Å²) in [5.41, 5.74) is 1.01. The molecule has 0 spiro atoms. The Morgan fingerprint density at radius 1 is 1.04 bits per heavy atom. The van der Waals surface area contributed by atoms with E-state index in [0.29, 0.717) is 19.4 Å². The Labute approximate surface area is 165 Å². The first-order valence-corrected chi connectivity index (χ1v) is 10.3. The Morgan fingerprint density at radius 3 is 2.50 bits per heavy atom. The van der Waals surface area contributed by atoms with Crippen LogP contribution in [-0.4, -0.2) is 53.5 Å². The lowest BCUT2D eigenvalue weighted by molar-refractivity contribution is -0.147. The molecule has 4 rings (SSSR count). The molecule has 2 saturated heterocycles. The molecule has 0 unspecified atom stereocenters. The minimum absolute atomic E-state index is 0.0644. The normalized spacial score (nSPS) is 27.9. The maximum absolute atomic E-state index is 12.9. The number of carbonyl (C=O) groups is 3. The molecule has 150 valence electrons. The smallest absolute Gasteiger partial charge is 0.315 e. The third kappa shape index (κ3) is 4.13. The first kappa shape index (κ1) is 18.8. The molecule has 0 bridgehead atoms. The van der Waals surface area contributed by atoms with Crippen molar-refractivity contribution in [1.82, 2.24) is 20.9 Å². The molecule has 4 amide bonds. The molecule has 2 aliphatic heterocycles. The van der Waals surface area contributed by atoms with Crippen LogP contribution < -0.4 is 16.0 Å². The maximum Gasteiger partial charge on any atom is 0.315 e. The second-order valence-electron chi connectivity index (χ2n) is 8.14. The van der Waals surface area contributed by atoms with Gasteiger partial charge in [-0.3, -0.25) is 9.59 Å². The predicted molar refractivity (Wildman–Crippen MR) is 105 cm³/mol. The van der Waals surface area contributed by atoms with Crippen LogP contribution in [0.3, 0.4) is 0 Å². The van der Waals surface area contributed by atoms with Crippen molar-refractivity contribution in [2.75, 3.05) is 6.54 Å². The highest BCUT2D eigenvalue weighted by Gasteiger charge is 2.46. The molecular formula is C21H28N4O3. The van der Waals surface area contributed by atoms with Gasteiger partial charge in [0.2, 0.25) is 11.8 Å². The minimum Gasteiger partial charge on any atom is -0.342 e. The number of rotatable bonds is 4. The Balaban J connectivity index is 1.34. The molecule has 7 nitrogen and oxygen atoms in total. The summed E-state index contributed by atoms with van der Waals surface area (Å²) in [6, 6.07) is 8.51. The fourth-order valence-corrected chi connectivity index (χ4v) is 4.61. The summed E-state index contributed by atoms with van der Waals surface area (Å²) in [6.07, 6.45) is 6.54. The maximum atomic E-state index is 12.9. The van der Waals surface area contributed by atoms with E-state index in [1.807, 2.05) is 30.3 Å². The Hall–Kier alpha value is -2.57. The summed E-state index contributed by atoms with van der Waals surface area (Å²) in [7, 11) is 0. The third-order valence-corrected chi connectivity index (χ3v) is 6.06. The van der Waals surface area contributed by atoms with Gasteiger partial charge in [-0.25, -0.2) is 4.79 Å². The molecule has 7 heteroatoms. The summed E-state index contributed by atoms with van der Waals surface area (Å²) in [6.45, 7) is 0.389. The van der Waals surface area contributed by atoms with Gasteiger partial charge < -0.3 is 20.9 Å². The summed E-state index contributed by atoms with van der Waals surface area (Å²) in [4.78, 5) is 39.4. The topological polar surface area (TPSA) is 90.5 Å². The molecule has 1 aromatic carbocycles. The Morgan fingerprint density at radius 2 is 1.75 bits per heavy atom. The van der Waals surface area contributed by atoms with Crippen LogP contribution in [-0.2, 0) is 16.0 Å². The van der Waals surface area contributed by atoms with Crippen LogP contribution in [0.25, 0.3) is 0 Å². The Kier molecular flexibility index (Phi) is 5.50. The minimum atomic E-state index is -0.541. The zero-order valence-electron chi connectivity index (χ0n) is 16.0. The van der Waals surface area contributed by atoms with Crippen molar-refractivity contribution >= 4 is 17.8 Å². The van der Waals surface area contributed by atoms with E-state index in [-0.39, 0.29) is 29.9 Å². The Bertz CT molecular complexity index is 732. The lowest BCUT2D eigenvalue weighted by Crippen LogP contribution is -2.61. The van der Waals surface area contributed by atoms with Gasteiger partial charge >= 0.3 is 6.03 Å². The van der Waals surface area contributed by atoms with E-state index < -0.39 is 12.1 Å². The van der Waals surface area contributed by atoms with Gasteiger partial charge in [-0.2, -0.15) is 0 Å². The number of nitrogens with one attached hydrogen (secondary N) is 3. The van der Waals surface area contributed by atoms with Gasteiger partial charge in [0.1, 0.15) is 12.1 Å². The van der Waals surface area contributed by atoms with E-state index >= 15 is 0 Å². The van der Waals surface area contributed by atoms with E-state index in [1.54, 1.807) is 4.90 Å². The molecule has 0 radical (unpaired) electrons. The van der Waals surface area contributed by atoms with Gasteiger partial charge in [0, 0.05) is 19.0 Å². The quantitative estimate of drug-likeness (QED) is 0.731. The second-order valence-corrected chi connectivity index (χ2v) is 8.14. The van der Waals surface area contributed by atoms with E-state index in [0.717, 1.165) is 31.2 Å². The zero-order valence-corrected chi connectivity index (χ0v) is 16.0. The first-order valence-electron chi connectivity index (χ1n) is 10.3. The monoisotopic (exact) mass is 384 g/mol. The van der Waals surface area contributed by atoms with Gasteiger partial charge in [-0.15, -0.1) is 0 Å². The van der Waals surface area contributed by atoms with Crippen molar-refractivity contribution in [2.24, 2.45) is 0 Å². The average molecular weight is 384 g/mol. The number of amides is 4. The van der Waals surface area contributed by atoms with Crippen molar-refractivity contribution < 1.29 is 14.4 Å². The van der Waals surface area contributed by atoms with Gasteiger partial charge in [0.25, 0.3) is 0 Å². The molecule has 3 N–H and O–H groups in total. The fraction of sp³-hybridized carbons (Fsp3) is 0.571. The summed E-state index contributed by atoms with van der Waals surface area (Å²) >= 11 is 0. The van der Waals surface area contributed by atoms with E-state index in [9.17, 15) is 14.4 Å². The van der Waals surface area contributed by atoms with E-state index in [2.05, 4.69) is 16.0 Å². The van der Waals surface area contributed by atoms with Crippen LogP contribution in [0.15, 0.2) is 30.3 Å². The van der Waals surface area contributed by atoms with Crippen LogP contribution in [0.1, 0.15) is 44.1 Å². The van der Waals surface area contributed by atoms with E-state index in [1.165, 1.54) is 6.42 Å². The number of hydrogen-bond acceptors (Lipinski definition) is 3. The third-order valence-electron chi connectivity index (χ3n) is 6.06. The number of fused-ring (bicyclic) bond motifs is 1. The standard InChI is InChI=1S/C21H28N4O3/c26-19-18-12-16(23-21(28)22-15-9-5-2-6-10-15)13-25(18)20(27)17(24-19)11-14-7-3-1-4-8-14/h1,3-4,7-8,15-18H,2,5-6,9-13H2,(H,24,26)(H2,22,23,28)/t16-,17-,18-/m0/s1. The molecular weight excluding hydrogens is 356 g/mol. The molecule has 1 saturated carbocycles. The van der Waals surface area contributed by atoms with Gasteiger partial charge in [0.05, 0.1) is 6.04 Å². The molecule has 1 aromatic rings. The largest absolute Gasteiger partial charge is 0.342 e. The van der Waals surface area contributed by atoms with Crippen LogP contribution >= 0.6 is 0 Å². The molecule has 0 aromatic heterocycles. The molecule has 2 heterocycles. The summed E-state index contributed by atoms with van der Waals surface area (Å²) in [5.74, 6) is -0.192. The highest BCUT2D eigenvalue weighted by Crippen LogP contribution is 2.24. The fourth-order valence-electron chi connectivity index (χ4n) is 4.61. The average Bonchev–Trinajstić information content (AvgIpc) is 3.12. The SMILES string of the molecule is O=C(NC1CCCCC1)N[C@H]1C[C@H]2C(=O)N[C@@H](Cc3ccccc3)C(=O)N2C1. The predicted octanol–water partition coefficient (Wildman–Crippen LogP) is 1.33. The van der Waals surface area contributed by atoms with Crippen molar-refractivity contribution in [3.05, 3.63) is 35.9 Å². The molecule has 1 aliphatic carbocycles. The lowest BCUT2D eigenvalue weighted by Gasteiger charge is -2.34. The van der Waals surface area contributed by atoms with Gasteiger partial charge in [-0.1, -0.05) is 49.6 Å². The van der Waals surface area contributed by atoms with Crippen LogP contribution in [0.5, 0.6) is 0 Å². The van der Waals surface area contributed by atoms with Crippen LogP contribution in [0.4, 0.5) is 4.79 Å². The molecule has 28 heavy (non-hydrogen) atoms. The van der Waals surface area contributed by atoms with Gasteiger partial charge in [0.15, 0.2) is 0 Å². The number of hydrogen-bond donors (Lipinski definition) is 3. The number of nitrogens with zero attached hydrogens (tertiary/aromatic N) is 1. The highest BCUT2D eigenvalue weighted by molar-refractivity contribution is 5.97. The van der Waals surface area contributed by atoms with Crippen LogP contribution in [0.2, 0.25) is 0 Å². The number of benzene rings is 1. The van der Waals surface area contributed by atoms with Gasteiger partial charge in [-0.05, 0) is 24.8 Å². The second kappa shape index (κ2) is 8.20. The van der Waals surface area contributed by atoms with Crippen molar-refractivity contribution in [3.63, 3.8) is 0 Å². The highest BCUT2D eigenvalue weighted by atomic mass is 16.2. The summed E-state index contributed by atoms with van der Waals surface area (Å²) in [5, 5.41) is 8.87. The van der Waals surface area contributed by atoms with Crippen molar-refractivity contribution in [2.45, 2.75) is 69.1 Å². The molecule has 3 atom stereocenters. The van der Waals surface area contributed by atoms with E-state index in [4.69, 9.17) is 0 Å². The molecule has 3 aliphatic rings. The van der Waals surface area contributed by atoms with Crippen molar-refractivity contribution in [3.8, 4) is 0 Å². The molecule has 3 fully saturated rings. The first-order chi connectivity index (χ1) is 13.6.